The number of benzene rings is 1. The molecule has 1 fully saturated rings. The van der Waals surface area contributed by atoms with E-state index in [0.29, 0.717) is 4.88 Å². The van der Waals surface area contributed by atoms with Crippen LogP contribution in [0.4, 0.5) is 10.8 Å². The van der Waals surface area contributed by atoms with Gasteiger partial charge in [0.1, 0.15) is 4.88 Å². The predicted octanol–water partition coefficient (Wildman–Crippen LogP) is 3.29. The lowest BCUT2D eigenvalue weighted by molar-refractivity contribution is 0.103. The molecule has 22 heavy (non-hydrogen) atoms. The minimum Gasteiger partial charge on any atom is -0.376 e. The van der Waals surface area contributed by atoms with Crippen LogP contribution in [-0.4, -0.2) is 30.1 Å². The minimum atomic E-state index is -0.119. The zero-order valence-electron chi connectivity index (χ0n) is 12.5. The molecule has 2 N–H and O–H groups in total. The number of aryl methyl sites for hydroxylation is 1. The molecule has 1 aliphatic rings. The Morgan fingerprint density at radius 1 is 1.41 bits per heavy atom. The molecule has 0 saturated carbocycles. The molecule has 0 bridgehead atoms. The Hall–Kier alpha value is -1.92. The zero-order valence-corrected chi connectivity index (χ0v) is 13.3. The molecule has 2 aromatic rings. The third-order valence-electron chi connectivity index (χ3n) is 3.54. The Bertz CT molecular complexity index is 636. The summed E-state index contributed by atoms with van der Waals surface area (Å²) < 4.78 is 5.57. The molecule has 1 unspecified atom stereocenters. The van der Waals surface area contributed by atoms with Crippen molar-refractivity contribution in [3.05, 3.63) is 40.9 Å². The number of rotatable bonds is 5. The Labute approximate surface area is 133 Å². The summed E-state index contributed by atoms with van der Waals surface area (Å²) in [5, 5.41) is 6.93. The SMILES string of the molecule is Cc1nc(NCC2CCCO2)sc1C(=O)Nc1ccccc1. The molecule has 116 valence electrons. The third kappa shape index (κ3) is 3.64. The van der Waals surface area contributed by atoms with Crippen LogP contribution in [0.1, 0.15) is 28.2 Å². The molecule has 6 heteroatoms. The van der Waals surface area contributed by atoms with E-state index >= 15 is 0 Å². The van der Waals surface area contributed by atoms with Gasteiger partial charge in [0.2, 0.25) is 0 Å². The summed E-state index contributed by atoms with van der Waals surface area (Å²) >= 11 is 1.38. The topological polar surface area (TPSA) is 63.3 Å². The van der Waals surface area contributed by atoms with Crippen LogP contribution in [0.3, 0.4) is 0 Å². The monoisotopic (exact) mass is 317 g/mol. The number of ether oxygens (including phenoxy) is 1. The molecule has 0 aliphatic carbocycles. The fraction of sp³-hybridized carbons (Fsp3) is 0.375. The molecule has 2 heterocycles. The summed E-state index contributed by atoms with van der Waals surface area (Å²) in [5.74, 6) is -0.119. The quantitative estimate of drug-likeness (QED) is 0.888. The van der Waals surface area contributed by atoms with Gasteiger partial charge in [0.15, 0.2) is 5.13 Å². The highest BCUT2D eigenvalue weighted by atomic mass is 32.1. The first-order valence-corrected chi connectivity index (χ1v) is 8.23. The lowest BCUT2D eigenvalue weighted by Crippen LogP contribution is -2.18. The van der Waals surface area contributed by atoms with Crippen LogP contribution in [0.25, 0.3) is 0 Å². The molecule has 1 atom stereocenters. The maximum Gasteiger partial charge on any atom is 0.267 e. The van der Waals surface area contributed by atoms with Crippen LogP contribution >= 0.6 is 11.3 Å². The van der Waals surface area contributed by atoms with Gasteiger partial charge in [-0.3, -0.25) is 4.79 Å². The highest BCUT2D eigenvalue weighted by molar-refractivity contribution is 7.17. The van der Waals surface area contributed by atoms with Crippen molar-refractivity contribution in [3.8, 4) is 0 Å². The van der Waals surface area contributed by atoms with E-state index in [0.717, 1.165) is 42.5 Å². The molecule has 0 spiro atoms. The van der Waals surface area contributed by atoms with E-state index in [1.54, 1.807) is 0 Å². The average molecular weight is 317 g/mol. The maximum atomic E-state index is 12.3. The number of amides is 1. The lowest BCUT2D eigenvalue weighted by Gasteiger charge is -2.09. The second-order valence-corrected chi connectivity index (χ2v) is 6.27. The minimum absolute atomic E-state index is 0.119. The van der Waals surface area contributed by atoms with Gasteiger partial charge in [-0.15, -0.1) is 0 Å². The Morgan fingerprint density at radius 2 is 2.23 bits per heavy atom. The molecule has 1 aliphatic heterocycles. The van der Waals surface area contributed by atoms with Gasteiger partial charge in [-0.1, -0.05) is 29.5 Å². The van der Waals surface area contributed by atoms with Crippen molar-refractivity contribution in [2.75, 3.05) is 23.8 Å². The number of nitrogens with zero attached hydrogens (tertiary/aromatic N) is 1. The van der Waals surface area contributed by atoms with Gasteiger partial charge < -0.3 is 15.4 Å². The van der Waals surface area contributed by atoms with Crippen molar-refractivity contribution in [1.29, 1.82) is 0 Å². The highest BCUT2D eigenvalue weighted by Gasteiger charge is 2.18. The van der Waals surface area contributed by atoms with Crippen LogP contribution in [0.15, 0.2) is 30.3 Å². The summed E-state index contributed by atoms with van der Waals surface area (Å²) in [4.78, 5) is 17.4. The molecular formula is C16H19N3O2S. The van der Waals surface area contributed by atoms with Crippen molar-refractivity contribution >= 4 is 28.1 Å². The lowest BCUT2D eigenvalue weighted by atomic mass is 10.2. The van der Waals surface area contributed by atoms with Crippen molar-refractivity contribution < 1.29 is 9.53 Å². The first-order chi connectivity index (χ1) is 10.7. The van der Waals surface area contributed by atoms with E-state index in [4.69, 9.17) is 4.74 Å². The van der Waals surface area contributed by atoms with E-state index < -0.39 is 0 Å². The first kappa shape index (κ1) is 15.0. The van der Waals surface area contributed by atoms with Gasteiger partial charge in [-0.05, 0) is 31.9 Å². The van der Waals surface area contributed by atoms with Crippen LogP contribution in [-0.2, 0) is 4.74 Å². The van der Waals surface area contributed by atoms with Crippen molar-refractivity contribution in [2.24, 2.45) is 0 Å². The molecule has 0 radical (unpaired) electrons. The predicted molar refractivity (Wildman–Crippen MR) is 88.7 cm³/mol. The second-order valence-electron chi connectivity index (χ2n) is 5.27. The smallest absolute Gasteiger partial charge is 0.267 e. The standard InChI is InChI=1S/C16H19N3O2S/c1-11-14(15(20)19-12-6-3-2-4-7-12)22-16(18-11)17-10-13-8-5-9-21-13/h2-4,6-7,13H,5,8-10H2,1H3,(H,17,18)(H,19,20). The first-order valence-electron chi connectivity index (χ1n) is 7.41. The fourth-order valence-corrected chi connectivity index (χ4v) is 3.27. The maximum absolute atomic E-state index is 12.3. The zero-order chi connectivity index (χ0) is 15.4. The fourth-order valence-electron chi connectivity index (χ4n) is 2.40. The van der Waals surface area contributed by atoms with Gasteiger partial charge >= 0.3 is 0 Å². The number of carbonyl (C=O) groups excluding carboxylic acids is 1. The highest BCUT2D eigenvalue weighted by Crippen LogP contribution is 2.24. The summed E-state index contributed by atoms with van der Waals surface area (Å²) in [5.41, 5.74) is 1.53. The molecular weight excluding hydrogens is 298 g/mol. The second kappa shape index (κ2) is 6.89. The summed E-state index contributed by atoms with van der Waals surface area (Å²) in [6, 6.07) is 9.43. The van der Waals surface area contributed by atoms with Crippen LogP contribution < -0.4 is 10.6 Å². The third-order valence-corrected chi connectivity index (χ3v) is 4.65. The number of aromatic nitrogens is 1. The largest absolute Gasteiger partial charge is 0.376 e. The van der Waals surface area contributed by atoms with E-state index in [1.807, 2.05) is 37.3 Å². The van der Waals surface area contributed by atoms with Gasteiger partial charge in [0.25, 0.3) is 5.91 Å². The number of hydrogen-bond acceptors (Lipinski definition) is 5. The van der Waals surface area contributed by atoms with Gasteiger partial charge in [0, 0.05) is 18.8 Å². The van der Waals surface area contributed by atoms with E-state index in [9.17, 15) is 4.79 Å². The van der Waals surface area contributed by atoms with Crippen molar-refractivity contribution in [1.82, 2.24) is 4.98 Å². The van der Waals surface area contributed by atoms with E-state index in [-0.39, 0.29) is 12.0 Å². The molecule has 1 aromatic heterocycles. The Balaban J connectivity index is 1.62. The number of thiazole rings is 1. The Kier molecular flexibility index (Phi) is 4.70. The van der Waals surface area contributed by atoms with Gasteiger partial charge in [-0.2, -0.15) is 0 Å². The molecule has 1 aromatic carbocycles. The number of para-hydroxylation sites is 1. The van der Waals surface area contributed by atoms with E-state index in [2.05, 4.69) is 15.6 Å². The number of nitrogens with one attached hydrogen (secondary N) is 2. The number of hydrogen-bond donors (Lipinski definition) is 2. The molecule has 1 amide bonds. The van der Waals surface area contributed by atoms with E-state index in [1.165, 1.54) is 11.3 Å². The van der Waals surface area contributed by atoms with Crippen LogP contribution in [0, 0.1) is 6.92 Å². The summed E-state index contributed by atoms with van der Waals surface area (Å²) in [6.45, 7) is 3.44. The summed E-state index contributed by atoms with van der Waals surface area (Å²) in [7, 11) is 0. The number of anilines is 2. The Morgan fingerprint density at radius 3 is 2.95 bits per heavy atom. The normalized spacial score (nSPS) is 17.4. The van der Waals surface area contributed by atoms with Crippen molar-refractivity contribution in [3.63, 3.8) is 0 Å². The average Bonchev–Trinajstić information content (AvgIpc) is 3.15. The van der Waals surface area contributed by atoms with Gasteiger partial charge in [0.05, 0.1) is 11.8 Å². The molecule has 1 saturated heterocycles. The van der Waals surface area contributed by atoms with Crippen molar-refractivity contribution in [2.45, 2.75) is 25.9 Å². The summed E-state index contributed by atoms with van der Waals surface area (Å²) in [6.07, 6.45) is 2.46. The van der Waals surface area contributed by atoms with Crippen LogP contribution in [0.5, 0.6) is 0 Å². The molecule has 3 rings (SSSR count). The number of carbonyl (C=O) groups is 1. The van der Waals surface area contributed by atoms with Crippen LogP contribution in [0.2, 0.25) is 0 Å². The molecule has 5 nitrogen and oxygen atoms in total. The van der Waals surface area contributed by atoms with Gasteiger partial charge in [-0.25, -0.2) is 4.98 Å².